The van der Waals surface area contributed by atoms with Crippen LogP contribution in [0.3, 0.4) is 0 Å². The molecule has 18 heavy (non-hydrogen) atoms. The predicted molar refractivity (Wildman–Crippen MR) is 72.5 cm³/mol. The molecule has 0 bridgehead atoms. The minimum absolute atomic E-state index is 0.00814. The summed E-state index contributed by atoms with van der Waals surface area (Å²) in [5, 5.41) is 12.1. The van der Waals surface area contributed by atoms with Gasteiger partial charge < -0.3 is 10.4 Å². The SMILES string of the molecule is CCCCCCCCC(=O)Nc1ncccc1O. The summed E-state index contributed by atoms with van der Waals surface area (Å²) in [5.41, 5.74) is 0. The quantitative estimate of drug-likeness (QED) is 0.694. The highest BCUT2D eigenvalue weighted by molar-refractivity contribution is 5.90. The number of hydrogen-bond donors (Lipinski definition) is 2. The number of aromatic nitrogens is 1. The lowest BCUT2D eigenvalue weighted by molar-refractivity contribution is -0.116. The van der Waals surface area contributed by atoms with E-state index in [1.165, 1.54) is 31.7 Å². The monoisotopic (exact) mass is 250 g/mol. The lowest BCUT2D eigenvalue weighted by atomic mass is 10.1. The van der Waals surface area contributed by atoms with Gasteiger partial charge in [0.15, 0.2) is 11.6 Å². The van der Waals surface area contributed by atoms with Crippen LogP contribution in [0.2, 0.25) is 0 Å². The number of nitrogens with zero attached hydrogens (tertiary/aromatic N) is 1. The molecule has 2 N–H and O–H groups in total. The molecule has 1 amide bonds. The Kier molecular flexibility index (Phi) is 6.84. The van der Waals surface area contributed by atoms with Crippen molar-refractivity contribution in [1.82, 2.24) is 4.98 Å². The van der Waals surface area contributed by atoms with Gasteiger partial charge >= 0.3 is 0 Å². The fraction of sp³-hybridized carbons (Fsp3) is 0.571. The van der Waals surface area contributed by atoms with Crippen molar-refractivity contribution in [3.05, 3.63) is 18.3 Å². The Balaban J connectivity index is 2.16. The fourth-order valence-corrected chi connectivity index (χ4v) is 1.75. The van der Waals surface area contributed by atoms with Gasteiger partial charge in [0.1, 0.15) is 0 Å². The first kappa shape index (κ1) is 14.5. The van der Waals surface area contributed by atoms with Gasteiger partial charge in [-0.25, -0.2) is 4.98 Å². The molecule has 0 saturated carbocycles. The van der Waals surface area contributed by atoms with Gasteiger partial charge in [0.05, 0.1) is 0 Å². The zero-order valence-corrected chi connectivity index (χ0v) is 11.0. The first-order valence-electron chi connectivity index (χ1n) is 6.68. The highest BCUT2D eigenvalue weighted by Gasteiger charge is 2.06. The standard InChI is InChI=1S/C14H22N2O2/c1-2-3-4-5-6-7-10-13(18)16-14-12(17)9-8-11-15-14/h8-9,11,17H,2-7,10H2,1H3,(H,15,16,18). The van der Waals surface area contributed by atoms with Crippen LogP contribution in [0.15, 0.2) is 18.3 Å². The van der Waals surface area contributed by atoms with Gasteiger partial charge in [-0.3, -0.25) is 4.79 Å². The summed E-state index contributed by atoms with van der Waals surface area (Å²) in [6.07, 6.45) is 8.95. The average molecular weight is 250 g/mol. The van der Waals surface area contributed by atoms with E-state index in [-0.39, 0.29) is 17.5 Å². The summed E-state index contributed by atoms with van der Waals surface area (Å²) in [4.78, 5) is 15.5. The van der Waals surface area contributed by atoms with Crippen LogP contribution in [-0.4, -0.2) is 16.0 Å². The summed E-state index contributed by atoms with van der Waals surface area (Å²) >= 11 is 0. The van der Waals surface area contributed by atoms with Crippen LogP contribution in [0.4, 0.5) is 5.82 Å². The molecule has 0 spiro atoms. The smallest absolute Gasteiger partial charge is 0.225 e. The molecule has 0 aliphatic rings. The molecular weight excluding hydrogens is 228 g/mol. The Bertz CT molecular complexity index is 367. The molecule has 0 aromatic carbocycles. The normalized spacial score (nSPS) is 10.3. The number of pyridine rings is 1. The molecule has 1 heterocycles. The Labute approximate surface area is 108 Å². The highest BCUT2D eigenvalue weighted by Crippen LogP contribution is 2.18. The number of rotatable bonds is 8. The minimum atomic E-state index is -0.0838. The first-order valence-corrected chi connectivity index (χ1v) is 6.68. The van der Waals surface area contributed by atoms with Crippen molar-refractivity contribution >= 4 is 11.7 Å². The van der Waals surface area contributed by atoms with Crippen LogP contribution in [-0.2, 0) is 4.79 Å². The molecule has 1 rings (SSSR count). The molecule has 0 aliphatic carbocycles. The lowest BCUT2D eigenvalue weighted by Gasteiger charge is -2.05. The second-order valence-corrected chi connectivity index (χ2v) is 4.44. The van der Waals surface area contributed by atoms with Crippen molar-refractivity contribution in [2.75, 3.05) is 5.32 Å². The van der Waals surface area contributed by atoms with Crippen molar-refractivity contribution in [3.8, 4) is 5.75 Å². The van der Waals surface area contributed by atoms with Gasteiger partial charge in [0, 0.05) is 12.6 Å². The molecule has 4 nitrogen and oxygen atoms in total. The zero-order chi connectivity index (χ0) is 13.2. The molecule has 0 unspecified atom stereocenters. The summed E-state index contributed by atoms with van der Waals surface area (Å²) in [6, 6.07) is 3.13. The van der Waals surface area contributed by atoms with E-state index in [1.54, 1.807) is 12.3 Å². The summed E-state index contributed by atoms with van der Waals surface area (Å²) in [6.45, 7) is 2.19. The lowest BCUT2D eigenvalue weighted by Crippen LogP contribution is -2.12. The number of amides is 1. The Morgan fingerprint density at radius 1 is 1.28 bits per heavy atom. The van der Waals surface area contributed by atoms with Crippen LogP contribution in [0.1, 0.15) is 51.9 Å². The Morgan fingerprint density at radius 3 is 2.72 bits per heavy atom. The molecule has 4 heteroatoms. The van der Waals surface area contributed by atoms with E-state index in [1.807, 2.05) is 0 Å². The molecule has 100 valence electrons. The van der Waals surface area contributed by atoms with E-state index in [2.05, 4.69) is 17.2 Å². The highest BCUT2D eigenvalue weighted by atomic mass is 16.3. The maximum absolute atomic E-state index is 11.6. The number of nitrogens with one attached hydrogen (secondary N) is 1. The number of aromatic hydroxyl groups is 1. The van der Waals surface area contributed by atoms with Crippen molar-refractivity contribution in [1.29, 1.82) is 0 Å². The van der Waals surface area contributed by atoms with E-state index in [0.29, 0.717) is 6.42 Å². The third-order valence-electron chi connectivity index (χ3n) is 2.80. The van der Waals surface area contributed by atoms with Crippen molar-refractivity contribution in [2.24, 2.45) is 0 Å². The predicted octanol–water partition coefficient (Wildman–Crippen LogP) is 3.48. The molecule has 1 aromatic heterocycles. The van der Waals surface area contributed by atoms with Crippen LogP contribution >= 0.6 is 0 Å². The van der Waals surface area contributed by atoms with Crippen molar-refractivity contribution in [3.63, 3.8) is 0 Å². The summed E-state index contributed by atoms with van der Waals surface area (Å²) in [7, 11) is 0. The third-order valence-corrected chi connectivity index (χ3v) is 2.80. The Hall–Kier alpha value is -1.58. The molecule has 0 saturated heterocycles. The van der Waals surface area contributed by atoms with Crippen LogP contribution in [0.5, 0.6) is 5.75 Å². The largest absolute Gasteiger partial charge is 0.504 e. The van der Waals surface area contributed by atoms with E-state index in [0.717, 1.165) is 12.8 Å². The topological polar surface area (TPSA) is 62.2 Å². The summed E-state index contributed by atoms with van der Waals surface area (Å²) < 4.78 is 0. The van der Waals surface area contributed by atoms with Gasteiger partial charge in [-0.05, 0) is 18.6 Å². The van der Waals surface area contributed by atoms with E-state index in [9.17, 15) is 9.90 Å². The van der Waals surface area contributed by atoms with Crippen LogP contribution in [0, 0.1) is 0 Å². The third kappa shape index (κ3) is 5.66. The molecular formula is C14H22N2O2. The minimum Gasteiger partial charge on any atom is -0.504 e. The Morgan fingerprint density at radius 2 is 2.00 bits per heavy atom. The number of unbranched alkanes of at least 4 members (excludes halogenated alkanes) is 5. The van der Waals surface area contributed by atoms with Crippen molar-refractivity contribution < 1.29 is 9.90 Å². The average Bonchev–Trinajstić information content (AvgIpc) is 2.36. The molecule has 0 atom stereocenters. The second-order valence-electron chi connectivity index (χ2n) is 4.44. The first-order chi connectivity index (χ1) is 8.74. The van der Waals surface area contributed by atoms with Crippen molar-refractivity contribution in [2.45, 2.75) is 51.9 Å². The number of anilines is 1. The van der Waals surface area contributed by atoms with E-state index in [4.69, 9.17) is 0 Å². The molecule has 0 aliphatic heterocycles. The van der Waals surface area contributed by atoms with Gasteiger partial charge in [-0.15, -0.1) is 0 Å². The molecule has 1 aromatic rings. The van der Waals surface area contributed by atoms with E-state index < -0.39 is 0 Å². The molecule has 0 radical (unpaired) electrons. The molecule has 0 fully saturated rings. The van der Waals surface area contributed by atoms with Gasteiger partial charge in [0.2, 0.25) is 5.91 Å². The van der Waals surface area contributed by atoms with Gasteiger partial charge in [0.25, 0.3) is 0 Å². The number of hydrogen-bond acceptors (Lipinski definition) is 3. The van der Waals surface area contributed by atoms with E-state index >= 15 is 0 Å². The second kappa shape index (κ2) is 8.50. The maximum atomic E-state index is 11.6. The van der Waals surface area contributed by atoms with Gasteiger partial charge in [-0.2, -0.15) is 0 Å². The van der Waals surface area contributed by atoms with Gasteiger partial charge in [-0.1, -0.05) is 39.0 Å². The summed E-state index contributed by atoms with van der Waals surface area (Å²) in [5.74, 6) is 0.168. The van der Waals surface area contributed by atoms with Crippen LogP contribution < -0.4 is 5.32 Å². The maximum Gasteiger partial charge on any atom is 0.225 e. The zero-order valence-electron chi connectivity index (χ0n) is 11.0. The number of carbonyl (C=O) groups is 1. The fourth-order valence-electron chi connectivity index (χ4n) is 1.75. The van der Waals surface area contributed by atoms with Crippen LogP contribution in [0.25, 0.3) is 0 Å². The number of carbonyl (C=O) groups excluding carboxylic acids is 1.